The van der Waals surface area contributed by atoms with Crippen molar-refractivity contribution in [2.75, 3.05) is 0 Å². The zero-order chi connectivity index (χ0) is 15.0. The lowest BCUT2D eigenvalue weighted by atomic mass is 9.97. The molecule has 0 saturated carbocycles. The van der Waals surface area contributed by atoms with Crippen LogP contribution in [0.2, 0.25) is 0 Å². The lowest BCUT2D eigenvalue weighted by Gasteiger charge is -2.12. The highest BCUT2D eigenvalue weighted by Crippen LogP contribution is 2.33. The number of aryl methyl sites for hydroxylation is 2. The Bertz CT molecular complexity index is 837. The fourth-order valence-corrected chi connectivity index (χ4v) is 2.57. The van der Waals surface area contributed by atoms with Gasteiger partial charge in [0.15, 0.2) is 0 Å². The summed E-state index contributed by atoms with van der Waals surface area (Å²) in [6.07, 6.45) is 1.88. The summed E-state index contributed by atoms with van der Waals surface area (Å²) >= 11 is 0. The van der Waals surface area contributed by atoms with E-state index in [2.05, 4.69) is 20.6 Å². The second-order valence-electron chi connectivity index (χ2n) is 4.84. The monoisotopic (exact) mass is 281 g/mol. The molecule has 21 heavy (non-hydrogen) atoms. The number of rotatable bonds is 2. The lowest BCUT2D eigenvalue weighted by Crippen LogP contribution is -2.31. The molecule has 0 spiro atoms. The molecule has 0 radical (unpaired) electrons. The Hall–Kier alpha value is -2.73. The minimum absolute atomic E-state index is 0.370. The average Bonchev–Trinajstić information content (AvgIpc) is 2.92. The molecule has 0 aliphatic heterocycles. The number of carbonyl (C=O) groups is 1. The minimum Gasteiger partial charge on any atom is -0.361 e. The number of nitrogens with two attached hydrogens (primary N) is 1. The van der Waals surface area contributed by atoms with Crippen LogP contribution in [0.1, 0.15) is 21.7 Å². The second kappa shape index (κ2) is 4.99. The Balaban J connectivity index is 2.36. The fraction of sp³-hybridized carbons (Fsp3) is 0.133. The first-order valence-corrected chi connectivity index (χ1v) is 6.54. The SMILES string of the molecule is Cc1nnc(C)c(-c2c[nH]c3ccccc23)c1C(=O)NN. The van der Waals surface area contributed by atoms with Crippen molar-refractivity contribution in [3.8, 4) is 11.1 Å². The average molecular weight is 281 g/mol. The number of para-hydroxylation sites is 1. The minimum atomic E-state index is -0.370. The molecule has 2 aromatic heterocycles. The van der Waals surface area contributed by atoms with Crippen LogP contribution in [0.5, 0.6) is 0 Å². The third-order valence-corrected chi connectivity index (χ3v) is 3.54. The van der Waals surface area contributed by atoms with Crippen molar-refractivity contribution in [3.05, 3.63) is 47.4 Å². The van der Waals surface area contributed by atoms with Gasteiger partial charge in [0.25, 0.3) is 5.91 Å². The Labute approximate surface area is 121 Å². The molecule has 4 N–H and O–H groups in total. The second-order valence-corrected chi connectivity index (χ2v) is 4.84. The summed E-state index contributed by atoms with van der Waals surface area (Å²) in [7, 11) is 0. The first-order chi connectivity index (χ1) is 10.1. The van der Waals surface area contributed by atoms with Crippen molar-refractivity contribution in [1.29, 1.82) is 0 Å². The predicted molar refractivity (Wildman–Crippen MR) is 80.5 cm³/mol. The normalized spacial score (nSPS) is 10.8. The third-order valence-electron chi connectivity index (χ3n) is 3.54. The number of nitrogens with zero attached hydrogens (tertiary/aromatic N) is 2. The van der Waals surface area contributed by atoms with Gasteiger partial charge in [0.1, 0.15) is 0 Å². The van der Waals surface area contributed by atoms with Gasteiger partial charge < -0.3 is 4.98 Å². The molecule has 3 rings (SSSR count). The molecule has 0 bridgehead atoms. The van der Waals surface area contributed by atoms with E-state index in [1.807, 2.05) is 37.4 Å². The molecule has 0 unspecified atom stereocenters. The summed E-state index contributed by atoms with van der Waals surface area (Å²) < 4.78 is 0. The zero-order valence-electron chi connectivity index (χ0n) is 11.8. The van der Waals surface area contributed by atoms with Gasteiger partial charge in [-0.05, 0) is 19.9 Å². The fourth-order valence-electron chi connectivity index (χ4n) is 2.57. The smallest absolute Gasteiger partial charge is 0.267 e. The van der Waals surface area contributed by atoms with Gasteiger partial charge in [-0.2, -0.15) is 10.2 Å². The van der Waals surface area contributed by atoms with Crippen molar-refractivity contribution in [2.45, 2.75) is 13.8 Å². The predicted octanol–water partition coefficient (Wildman–Crippen LogP) is 1.85. The highest BCUT2D eigenvalue weighted by Gasteiger charge is 2.21. The molecule has 6 heteroatoms. The standard InChI is InChI=1S/C15H15N5O/c1-8-13(14(15(21)18-16)9(2)20-19-8)11-7-17-12-6-4-3-5-10(11)12/h3-7,17H,16H2,1-2H3,(H,18,21). The zero-order valence-corrected chi connectivity index (χ0v) is 11.8. The summed E-state index contributed by atoms with van der Waals surface area (Å²) in [5.74, 6) is 4.93. The third kappa shape index (κ3) is 2.05. The molecule has 106 valence electrons. The van der Waals surface area contributed by atoms with E-state index in [4.69, 9.17) is 5.84 Å². The van der Waals surface area contributed by atoms with Crippen molar-refractivity contribution in [1.82, 2.24) is 20.6 Å². The van der Waals surface area contributed by atoms with E-state index in [1.54, 1.807) is 6.92 Å². The number of hydrazine groups is 1. The Kier molecular flexibility index (Phi) is 3.15. The number of fused-ring (bicyclic) bond motifs is 1. The maximum Gasteiger partial charge on any atom is 0.267 e. The largest absolute Gasteiger partial charge is 0.361 e. The lowest BCUT2D eigenvalue weighted by molar-refractivity contribution is 0.0953. The highest BCUT2D eigenvalue weighted by molar-refractivity contribution is 6.06. The quantitative estimate of drug-likeness (QED) is 0.379. The molecule has 0 atom stereocenters. The van der Waals surface area contributed by atoms with E-state index < -0.39 is 0 Å². The van der Waals surface area contributed by atoms with E-state index in [-0.39, 0.29) is 5.91 Å². The van der Waals surface area contributed by atoms with Crippen LogP contribution in [-0.4, -0.2) is 21.1 Å². The van der Waals surface area contributed by atoms with E-state index in [9.17, 15) is 4.79 Å². The Morgan fingerprint density at radius 3 is 2.67 bits per heavy atom. The van der Waals surface area contributed by atoms with Crippen molar-refractivity contribution >= 4 is 16.8 Å². The van der Waals surface area contributed by atoms with Gasteiger partial charge in [-0.15, -0.1) is 0 Å². The maximum atomic E-state index is 12.1. The number of nitrogens with one attached hydrogen (secondary N) is 2. The number of amides is 1. The van der Waals surface area contributed by atoms with E-state index in [0.717, 1.165) is 22.0 Å². The van der Waals surface area contributed by atoms with Crippen LogP contribution in [0, 0.1) is 13.8 Å². The Morgan fingerprint density at radius 1 is 1.19 bits per heavy atom. The molecule has 0 saturated heterocycles. The van der Waals surface area contributed by atoms with Crippen LogP contribution < -0.4 is 11.3 Å². The van der Waals surface area contributed by atoms with Gasteiger partial charge in [0.05, 0.1) is 17.0 Å². The number of H-pyrrole nitrogens is 1. The Morgan fingerprint density at radius 2 is 1.90 bits per heavy atom. The maximum absolute atomic E-state index is 12.1. The summed E-state index contributed by atoms with van der Waals surface area (Å²) in [5, 5.41) is 9.18. The van der Waals surface area contributed by atoms with Crippen LogP contribution >= 0.6 is 0 Å². The molecule has 0 fully saturated rings. The van der Waals surface area contributed by atoms with E-state index >= 15 is 0 Å². The van der Waals surface area contributed by atoms with Gasteiger partial charge in [0.2, 0.25) is 0 Å². The van der Waals surface area contributed by atoms with Crippen LogP contribution in [0.4, 0.5) is 0 Å². The first kappa shape index (κ1) is 13.3. The molecule has 0 aliphatic rings. The molecule has 3 aromatic rings. The number of nitrogen functional groups attached to an aromatic ring is 1. The topological polar surface area (TPSA) is 96.7 Å². The molecular weight excluding hydrogens is 266 g/mol. The van der Waals surface area contributed by atoms with E-state index in [0.29, 0.717) is 17.0 Å². The summed E-state index contributed by atoms with van der Waals surface area (Å²) in [6, 6.07) is 7.90. The molecular formula is C15H15N5O. The molecule has 1 amide bonds. The molecule has 0 aliphatic carbocycles. The van der Waals surface area contributed by atoms with E-state index in [1.165, 1.54) is 0 Å². The number of hydrogen-bond acceptors (Lipinski definition) is 4. The molecule has 2 heterocycles. The van der Waals surface area contributed by atoms with Gasteiger partial charge in [0, 0.05) is 28.2 Å². The summed E-state index contributed by atoms with van der Waals surface area (Å²) in [5.41, 5.74) is 6.54. The molecule has 1 aromatic carbocycles. The number of aromatic amines is 1. The van der Waals surface area contributed by atoms with Crippen molar-refractivity contribution < 1.29 is 4.79 Å². The van der Waals surface area contributed by atoms with Gasteiger partial charge >= 0.3 is 0 Å². The molecule has 6 nitrogen and oxygen atoms in total. The first-order valence-electron chi connectivity index (χ1n) is 6.54. The van der Waals surface area contributed by atoms with Crippen LogP contribution in [0.25, 0.3) is 22.0 Å². The number of hydrogen-bond donors (Lipinski definition) is 3. The number of carbonyl (C=O) groups excluding carboxylic acids is 1. The van der Waals surface area contributed by atoms with Gasteiger partial charge in [-0.1, -0.05) is 18.2 Å². The van der Waals surface area contributed by atoms with Crippen LogP contribution in [0.3, 0.4) is 0 Å². The van der Waals surface area contributed by atoms with Gasteiger partial charge in [-0.3, -0.25) is 10.2 Å². The van der Waals surface area contributed by atoms with Gasteiger partial charge in [-0.25, -0.2) is 5.84 Å². The summed E-state index contributed by atoms with van der Waals surface area (Å²) in [6.45, 7) is 3.58. The van der Waals surface area contributed by atoms with Crippen molar-refractivity contribution in [3.63, 3.8) is 0 Å². The van der Waals surface area contributed by atoms with Crippen LogP contribution in [0.15, 0.2) is 30.5 Å². The number of aromatic nitrogens is 3. The van der Waals surface area contributed by atoms with Crippen molar-refractivity contribution in [2.24, 2.45) is 5.84 Å². The summed E-state index contributed by atoms with van der Waals surface area (Å²) in [4.78, 5) is 15.3. The number of benzene rings is 1. The van der Waals surface area contributed by atoms with Crippen LogP contribution in [-0.2, 0) is 0 Å². The highest BCUT2D eigenvalue weighted by atomic mass is 16.2.